The van der Waals surface area contributed by atoms with E-state index in [1.54, 1.807) is 0 Å². The second-order valence-electron chi connectivity index (χ2n) is 18.1. The number of fused-ring (bicyclic) bond motifs is 13. The van der Waals surface area contributed by atoms with Gasteiger partial charge in [0.1, 0.15) is 0 Å². The molecule has 0 aliphatic carbocycles. The summed E-state index contributed by atoms with van der Waals surface area (Å²) in [6, 6.07) is 87.4. The average Bonchev–Trinajstić information content (AvgIpc) is 4.12. The standard InChI is InChI=1S/C64H39N3/c1-2-12-48(13-3-1)65-58-18-8-4-14-50(58)54-36-45(28-32-62(54)65)43-24-22-42-35-44(25-23-41(42)34-43)46-29-33-63-55(37-46)51-15-5-9-19-59(51)66(63)49-30-26-40(27-31-49)47-38-56-52-16-6-10-20-60(52)67-61-21-11-7-17-53(61)57(39-47)64(56)67/h1-39H. The second kappa shape index (κ2) is 13.8. The van der Waals surface area contributed by atoms with Crippen LogP contribution in [0.3, 0.4) is 0 Å². The SMILES string of the molecule is c1ccc(-n2c3ccccc3c3cc(-c4ccc5cc(-c6ccc7c(c6)c6ccccc6n7-c6ccc(-c7cc8c9ccccc9n9c%10ccccc%10c(c7)c89)cc6)ccc5c4)ccc32)cc1. The smallest absolute Gasteiger partial charge is 0.0620 e. The first-order valence-electron chi connectivity index (χ1n) is 23.2. The number of aromatic nitrogens is 3. The van der Waals surface area contributed by atoms with E-state index in [0.29, 0.717) is 0 Å². The molecule has 4 heterocycles. The molecule has 0 aliphatic rings. The first kappa shape index (κ1) is 36.4. The molecule has 11 aromatic carbocycles. The molecule has 15 rings (SSSR count). The summed E-state index contributed by atoms with van der Waals surface area (Å²) in [6.07, 6.45) is 0. The topological polar surface area (TPSA) is 14.3 Å². The Labute approximate surface area is 385 Å². The fraction of sp³-hybridized carbons (Fsp3) is 0. The lowest BCUT2D eigenvalue weighted by atomic mass is 9.96. The Hall–Kier alpha value is -8.92. The highest BCUT2D eigenvalue weighted by molar-refractivity contribution is 6.24. The van der Waals surface area contributed by atoms with Crippen molar-refractivity contribution in [3.05, 3.63) is 237 Å². The number of nitrogens with zero attached hydrogens (tertiary/aromatic N) is 3. The summed E-state index contributed by atoms with van der Waals surface area (Å²) < 4.78 is 7.24. The second-order valence-corrected chi connectivity index (χ2v) is 18.1. The maximum Gasteiger partial charge on any atom is 0.0620 e. The number of hydrogen-bond acceptors (Lipinski definition) is 0. The molecule has 0 fully saturated rings. The van der Waals surface area contributed by atoms with Crippen molar-refractivity contribution in [2.24, 2.45) is 0 Å². The molecule has 0 saturated heterocycles. The number of rotatable bonds is 5. The molecule has 0 spiro atoms. The van der Waals surface area contributed by atoms with E-state index in [1.807, 2.05) is 0 Å². The molecule has 0 bridgehead atoms. The van der Waals surface area contributed by atoms with Gasteiger partial charge in [0.25, 0.3) is 0 Å². The molecule has 310 valence electrons. The largest absolute Gasteiger partial charge is 0.309 e. The van der Waals surface area contributed by atoms with Gasteiger partial charge in [0.05, 0.1) is 38.6 Å². The van der Waals surface area contributed by atoms with Crippen LogP contribution in [0.15, 0.2) is 237 Å². The van der Waals surface area contributed by atoms with Gasteiger partial charge in [-0.3, -0.25) is 0 Å². The molecule has 4 aromatic heterocycles. The Morgan fingerprint density at radius 2 is 0.567 bits per heavy atom. The van der Waals surface area contributed by atoms with Gasteiger partial charge in [-0.1, -0.05) is 140 Å². The normalized spacial score (nSPS) is 12.2. The highest BCUT2D eigenvalue weighted by Crippen LogP contribution is 2.43. The van der Waals surface area contributed by atoms with Crippen LogP contribution in [-0.2, 0) is 0 Å². The van der Waals surface area contributed by atoms with Crippen molar-refractivity contribution in [1.82, 2.24) is 13.5 Å². The summed E-state index contributed by atoms with van der Waals surface area (Å²) in [5.41, 5.74) is 18.3. The fourth-order valence-corrected chi connectivity index (χ4v) is 11.5. The van der Waals surface area contributed by atoms with Crippen molar-refractivity contribution in [3.8, 4) is 44.8 Å². The van der Waals surface area contributed by atoms with E-state index in [-0.39, 0.29) is 0 Å². The van der Waals surface area contributed by atoms with Gasteiger partial charge in [0.15, 0.2) is 0 Å². The van der Waals surface area contributed by atoms with Crippen LogP contribution in [0.5, 0.6) is 0 Å². The molecule has 0 saturated carbocycles. The Morgan fingerprint density at radius 1 is 0.209 bits per heavy atom. The third kappa shape index (κ3) is 5.28. The first-order valence-corrected chi connectivity index (χ1v) is 23.2. The van der Waals surface area contributed by atoms with Crippen molar-refractivity contribution in [2.45, 2.75) is 0 Å². The Bertz CT molecular complexity index is 4400. The monoisotopic (exact) mass is 849 g/mol. The van der Waals surface area contributed by atoms with Crippen LogP contribution in [0.1, 0.15) is 0 Å². The summed E-state index contributed by atoms with van der Waals surface area (Å²) in [5.74, 6) is 0. The van der Waals surface area contributed by atoms with Crippen LogP contribution in [0.2, 0.25) is 0 Å². The van der Waals surface area contributed by atoms with Gasteiger partial charge >= 0.3 is 0 Å². The fourth-order valence-electron chi connectivity index (χ4n) is 11.5. The molecule has 3 nitrogen and oxygen atoms in total. The maximum atomic E-state index is 2.44. The zero-order valence-corrected chi connectivity index (χ0v) is 36.4. The Kier molecular flexibility index (Phi) is 7.50. The van der Waals surface area contributed by atoms with Gasteiger partial charge in [0.2, 0.25) is 0 Å². The zero-order chi connectivity index (χ0) is 43.7. The summed E-state index contributed by atoms with van der Waals surface area (Å²) in [6.45, 7) is 0. The zero-order valence-electron chi connectivity index (χ0n) is 36.4. The molecule has 0 N–H and O–H groups in total. The van der Waals surface area contributed by atoms with Crippen LogP contribution in [0, 0.1) is 0 Å². The number of hydrogen-bond donors (Lipinski definition) is 0. The van der Waals surface area contributed by atoms with E-state index in [4.69, 9.17) is 0 Å². The van der Waals surface area contributed by atoms with E-state index >= 15 is 0 Å². The van der Waals surface area contributed by atoms with Crippen LogP contribution < -0.4 is 0 Å². The molecule has 0 unspecified atom stereocenters. The summed E-state index contributed by atoms with van der Waals surface area (Å²) in [7, 11) is 0. The minimum atomic E-state index is 1.15. The Morgan fingerprint density at radius 3 is 1.07 bits per heavy atom. The summed E-state index contributed by atoms with van der Waals surface area (Å²) in [5, 5.41) is 12.7. The van der Waals surface area contributed by atoms with Crippen molar-refractivity contribution >= 4 is 92.5 Å². The third-order valence-corrected chi connectivity index (χ3v) is 14.5. The quantitative estimate of drug-likeness (QED) is 0.164. The van der Waals surface area contributed by atoms with E-state index in [1.165, 1.54) is 132 Å². The lowest BCUT2D eigenvalue weighted by molar-refractivity contribution is 1.18. The highest BCUT2D eigenvalue weighted by atomic mass is 15.0. The van der Waals surface area contributed by atoms with E-state index < -0.39 is 0 Å². The van der Waals surface area contributed by atoms with E-state index in [2.05, 4.69) is 250 Å². The first-order chi connectivity index (χ1) is 33.2. The number of benzene rings is 11. The molecule has 0 aliphatic heterocycles. The maximum absolute atomic E-state index is 2.44. The lowest BCUT2D eigenvalue weighted by Crippen LogP contribution is -1.93. The summed E-state index contributed by atoms with van der Waals surface area (Å²) >= 11 is 0. The van der Waals surface area contributed by atoms with Gasteiger partial charge in [-0.2, -0.15) is 0 Å². The molecule has 0 atom stereocenters. The van der Waals surface area contributed by atoms with Gasteiger partial charge in [-0.25, -0.2) is 0 Å². The van der Waals surface area contributed by atoms with Crippen molar-refractivity contribution < 1.29 is 0 Å². The van der Waals surface area contributed by atoms with Gasteiger partial charge in [-0.05, 0) is 141 Å². The Balaban J connectivity index is 0.783. The van der Waals surface area contributed by atoms with Crippen molar-refractivity contribution in [1.29, 1.82) is 0 Å². The number of para-hydroxylation sites is 5. The molecule has 15 aromatic rings. The van der Waals surface area contributed by atoms with Crippen LogP contribution in [0.4, 0.5) is 0 Å². The highest BCUT2D eigenvalue weighted by Gasteiger charge is 2.20. The molecule has 67 heavy (non-hydrogen) atoms. The molecule has 0 radical (unpaired) electrons. The van der Waals surface area contributed by atoms with E-state index in [0.717, 1.165) is 5.69 Å². The lowest BCUT2D eigenvalue weighted by Gasteiger charge is -2.11. The summed E-state index contributed by atoms with van der Waals surface area (Å²) in [4.78, 5) is 0. The predicted molar refractivity (Wildman–Crippen MR) is 284 cm³/mol. The molecule has 3 heteroatoms. The van der Waals surface area contributed by atoms with E-state index in [9.17, 15) is 0 Å². The van der Waals surface area contributed by atoms with Gasteiger partial charge in [-0.15, -0.1) is 0 Å². The molecule has 0 amide bonds. The molecular weight excluding hydrogens is 811 g/mol. The minimum absolute atomic E-state index is 1.15. The third-order valence-electron chi connectivity index (χ3n) is 14.5. The van der Waals surface area contributed by atoms with Crippen LogP contribution in [0.25, 0.3) is 137 Å². The average molecular weight is 850 g/mol. The predicted octanol–water partition coefficient (Wildman–Crippen LogP) is 17.2. The minimum Gasteiger partial charge on any atom is -0.309 e. The van der Waals surface area contributed by atoms with Crippen LogP contribution >= 0.6 is 0 Å². The van der Waals surface area contributed by atoms with Gasteiger partial charge < -0.3 is 13.5 Å². The van der Waals surface area contributed by atoms with Gasteiger partial charge in [0, 0.05) is 54.5 Å². The molecular formula is C64H39N3. The van der Waals surface area contributed by atoms with Crippen molar-refractivity contribution in [2.75, 3.05) is 0 Å². The van der Waals surface area contributed by atoms with Crippen molar-refractivity contribution in [3.63, 3.8) is 0 Å². The van der Waals surface area contributed by atoms with Crippen LogP contribution in [-0.4, -0.2) is 13.5 Å².